The van der Waals surface area contributed by atoms with Gasteiger partial charge in [-0.2, -0.15) is 0 Å². The van der Waals surface area contributed by atoms with Gasteiger partial charge in [0.2, 0.25) is 0 Å². The van der Waals surface area contributed by atoms with E-state index in [1.807, 2.05) is 0 Å². The summed E-state index contributed by atoms with van der Waals surface area (Å²) in [5.74, 6) is -0.921. The number of aliphatic hydroxyl groups is 7. The van der Waals surface area contributed by atoms with Crippen molar-refractivity contribution < 1.29 is 73.8 Å². The maximum absolute atomic E-state index is 13.0. The highest BCUT2D eigenvalue weighted by Gasteiger charge is 2.47. The molecule has 0 saturated carbocycles. The van der Waals surface area contributed by atoms with E-state index in [0.717, 1.165) is 57.8 Å². The molecule has 69 heavy (non-hydrogen) atoms. The fraction of sp³-hybridized carbons (Fsp3) is 0.926. The third kappa shape index (κ3) is 29.5. The third-order valence-electron chi connectivity index (χ3n) is 13.5. The molecule has 2 saturated heterocycles. The number of hydrogen-bond donors (Lipinski definition) is 7. The number of esters is 2. The van der Waals surface area contributed by atoms with E-state index in [9.17, 15) is 45.3 Å². The van der Waals surface area contributed by atoms with Crippen molar-refractivity contribution in [3.05, 3.63) is 12.2 Å². The molecule has 0 radical (unpaired) electrons. The molecule has 0 aromatic rings. The van der Waals surface area contributed by atoms with Crippen LogP contribution >= 0.6 is 0 Å². The second-order valence-corrected chi connectivity index (χ2v) is 19.8. The Kier molecular flexibility index (Phi) is 38.3. The van der Waals surface area contributed by atoms with E-state index in [1.165, 1.54) is 128 Å². The van der Waals surface area contributed by atoms with Crippen LogP contribution in [-0.4, -0.2) is 142 Å². The number of carbonyl (C=O) groups is 2. The minimum Gasteiger partial charge on any atom is -0.462 e. The number of rotatable bonds is 44. The first-order valence-electron chi connectivity index (χ1n) is 27.8. The average Bonchev–Trinajstić information content (AvgIpc) is 3.34. The zero-order valence-corrected chi connectivity index (χ0v) is 43.1. The maximum atomic E-state index is 13.0. The molecule has 4 unspecified atom stereocenters. The van der Waals surface area contributed by atoms with Crippen LogP contribution in [0.3, 0.4) is 0 Å². The number of ether oxygens (including phenoxy) is 6. The zero-order valence-electron chi connectivity index (χ0n) is 43.1. The number of unbranched alkanes of at least 4 members (excludes halogenated alkanes) is 28. The molecule has 15 nitrogen and oxygen atoms in total. The van der Waals surface area contributed by atoms with E-state index in [1.54, 1.807) is 0 Å². The van der Waals surface area contributed by atoms with Gasteiger partial charge in [0.25, 0.3) is 0 Å². The molecule has 2 heterocycles. The molecule has 0 spiro atoms. The molecular formula is C54H100O15. The van der Waals surface area contributed by atoms with Crippen molar-refractivity contribution in [2.45, 2.75) is 293 Å². The van der Waals surface area contributed by atoms with Crippen LogP contribution in [0.1, 0.15) is 226 Å². The molecule has 0 amide bonds. The van der Waals surface area contributed by atoms with Crippen LogP contribution in [0.4, 0.5) is 0 Å². The second kappa shape index (κ2) is 41.7. The van der Waals surface area contributed by atoms with Gasteiger partial charge in [-0.05, 0) is 38.5 Å². The molecule has 2 rings (SSSR count). The van der Waals surface area contributed by atoms with E-state index in [2.05, 4.69) is 26.0 Å². The van der Waals surface area contributed by atoms with Crippen molar-refractivity contribution in [2.75, 3.05) is 26.4 Å². The van der Waals surface area contributed by atoms with Gasteiger partial charge in [0.05, 0.1) is 19.8 Å². The fourth-order valence-corrected chi connectivity index (χ4v) is 8.92. The summed E-state index contributed by atoms with van der Waals surface area (Å²) in [6.07, 6.45) is 25.2. The summed E-state index contributed by atoms with van der Waals surface area (Å²) in [6.45, 7) is 2.62. The van der Waals surface area contributed by atoms with Gasteiger partial charge in [0.1, 0.15) is 55.4 Å². The van der Waals surface area contributed by atoms with Gasteiger partial charge in [-0.1, -0.05) is 187 Å². The predicted octanol–water partition coefficient (Wildman–Crippen LogP) is 8.55. The monoisotopic (exact) mass is 989 g/mol. The van der Waals surface area contributed by atoms with Gasteiger partial charge >= 0.3 is 11.9 Å². The molecule has 406 valence electrons. The fourth-order valence-electron chi connectivity index (χ4n) is 8.92. The SMILES string of the molecule is CCCCCCCC/C=C/CCCCCCCC(=O)OC[C@H](CO[C@H]1O[C@@H](CO[C@H]2O[C@@H](CO)[C@@H](O)C(O)C2O)[C@@H](O)C(O)C1O)OC(=O)CCCCCCCCCCCCCCCCCCCC. The highest BCUT2D eigenvalue weighted by atomic mass is 16.7. The lowest BCUT2D eigenvalue weighted by Gasteiger charge is -2.42. The topological polar surface area (TPSA) is 231 Å². The van der Waals surface area contributed by atoms with E-state index in [4.69, 9.17) is 28.4 Å². The molecular weight excluding hydrogens is 889 g/mol. The van der Waals surface area contributed by atoms with Crippen LogP contribution in [-0.2, 0) is 38.0 Å². The lowest BCUT2D eigenvalue weighted by molar-refractivity contribution is -0.332. The number of aliphatic hydroxyl groups excluding tert-OH is 7. The Morgan fingerprint density at radius 1 is 0.449 bits per heavy atom. The van der Waals surface area contributed by atoms with Crippen LogP contribution in [0.25, 0.3) is 0 Å². The minimum atomic E-state index is -1.76. The number of allylic oxidation sites excluding steroid dienone is 2. The van der Waals surface area contributed by atoms with Crippen molar-refractivity contribution in [2.24, 2.45) is 0 Å². The third-order valence-corrected chi connectivity index (χ3v) is 13.5. The van der Waals surface area contributed by atoms with E-state index in [0.29, 0.717) is 12.8 Å². The average molecular weight is 989 g/mol. The molecule has 0 aliphatic carbocycles. The molecule has 11 atom stereocenters. The standard InChI is InChI=1S/C54H100O15/c1-3-5-7-9-11-13-15-17-19-20-21-23-25-27-29-31-33-35-37-46(57)67-42(39-64-45(56)36-34-32-30-28-26-24-22-18-16-14-12-10-8-6-4-2)40-65-53-52(63)50(61)48(59)44(69-53)41-66-54-51(62)49(60)47(58)43(38-55)68-54/h18,22,42-44,47-55,58-63H,3-17,19-21,23-41H2,1-2H3/b22-18+/t42-,43+,44+,47-,48-,49?,50?,51?,52?,53+,54+/m1/s1. The molecule has 0 bridgehead atoms. The zero-order chi connectivity index (χ0) is 50.3. The number of carbonyl (C=O) groups excluding carboxylic acids is 2. The Morgan fingerprint density at radius 3 is 1.28 bits per heavy atom. The van der Waals surface area contributed by atoms with Crippen LogP contribution in [0.2, 0.25) is 0 Å². The highest BCUT2D eigenvalue weighted by molar-refractivity contribution is 5.70. The van der Waals surface area contributed by atoms with Gasteiger partial charge in [-0.15, -0.1) is 0 Å². The summed E-state index contributed by atoms with van der Waals surface area (Å²) in [7, 11) is 0. The van der Waals surface area contributed by atoms with Gasteiger partial charge in [0.15, 0.2) is 18.7 Å². The normalized spacial score (nSPS) is 25.6. The minimum absolute atomic E-state index is 0.170. The number of hydrogen-bond acceptors (Lipinski definition) is 15. The Labute approximate surface area is 416 Å². The molecule has 2 aliphatic rings. The summed E-state index contributed by atoms with van der Waals surface area (Å²) in [4.78, 5) is 25.8. The van der Waals surface area contributed by atoms with Crippen molar-refractivity contribution >= 4 is 11.9 Å². The summed E-state index contributed by atoms with van der Waals surface area (Å²) < 4.78 is 33.6. The molecule has 0 aromatic heterocycles. The second-order valence-electron chi connectivity index (χ2n) is 19.8. The maximum Gasteiger partial charge on any atom is 0.306 e. The lowest BCUT2D eigenvalue weighted by atomic mass is 9.98. The quantitative estimate of drug-likeness (QED) is 0.0172. The van der Waals surface area contributed by atoms with Gasteiger partial charge in [0, 0.05) is 12.8 Å². The molecule has 0 aromatic carbocycles. The molecule has 2 aliphatic heterocycles. The van der Waals surface area contributed by atoms with Crippen LogP contribution in [0.15, 0.2) is 12.2 Å². The van der Waals surface area contributed by atoms with Crippen molar-refractivity contribution in [1.82, 2.24) is 0 Å². The van der Waals surface area contributed by atoms with E-state index >= 15 is 0 Å². The van der Waals surface area contributed by atoms with Crippen LogP contribution in [0.5, 0.6) is 0 Å². The Morgan fingerprint density at radius 2 is 0.826 bits per heavy atom. The van der Waals surface area contributed by atoms with Crippen molar-refractivity contribution in [1.29, 1.82) is 0 Å². The van der Waals surface area contributed by atoms with Crippen LogP contribution < -0.4 is 0 Å². The van der Waals surface area contributed by atoms with Crippen LogP contribution in [0, 0.1) is 0 Å². The van der Waals surface area contributed by atoms with E-state index in [-0.39, 0.29) is 26.1 Å². The summed E-state index contributed by atoms with van der Waals surface area (Å²) in [5.41, 5.74) is 0. The Hall–Kier alpha value is -1.76. The molecule has 2 fully saturated rings. The first-order chi connectivity index (χ1) is 33.5. The van der Waals surface area contributed by atoms with E-state index < -0.39 is 92.7 Å². The van der Waals surface area contributed by atoms with Gasteiger partial charge < -0.3 is 64.2 Å². The summed E-state index contributed by atoms with van der Waals surface area (Å²) in [5, 5.41) is 72.2. The smallest absolute Gasteiger partial charge is 0.306 e. The predicted molar refractivity (Wildman–Crippen MR) is 266 cm³/mol. The molecule has 7 N–H and O–H groups in total. The highest BCUT2D eigenvalue weighted by Crippen LogP contribution is 2.27. The van der Waals surface area contributed by atoms with Crippen molar-refractivity contribution in [3.8, 4) is 0 Å². The molecule has 15 heteroatoms. The van der Waals surface area contributed by atoms with Gasteiger partial charge in [-0.3, -0.25) is 9.59 Å². The van der Waals surface area contributed by atoms with Gasteiger partial charge in [-0.25, -0.2) is 0 Å². The Balaban J connectivity index is 1.77. The first kappa shape index (κ1) is 63.4. The van der Waals surface area contributed by atoms with Crippen molar-refractivity contribution in [3.63, 3.8) is 0 Å². The first-order valence-corrected chi connectivity index (χ1v) is 27.8. The summed E-state index contributed by atoms with van der Waals surface area (Å²) >= 11 is 0. The largest absolute Gasteiger partial charge is 0.462 e. The summed E-state index contributed by atoms with van der Waals surface area (Å²) in [6, 6.07) is 0. The Bertz CT molecular complexity index is 1250. The lowest BCUT2D eigenvalue weighted by Crippen LogP contribution is -2.61.